The van der Waals surface area contributed by atoms with Crippen molar-refractivity contribution >= 4 is 10.9 Å². The Kier molecular flexibility index (Phi) is 3.50. The van der Waals surface area contributed by atoms with Crippen LogP contribution >= 0.6 is 0 Å². The van der Waals surface area contributed by atoms with Crippen molar-refractivity contribution in [3.8, 4) is 11.5 Å². The number of piperidine rings is 1. The van der Waals surface area contributed by atoms with Crippen molar-refractivity contribution in [2.45, 2.75) is 48.8 Å². The van der Waals surface area contributed by atoms with E-state index in [9.17, 15) is 19.0 Å². The molecule has 1 aromatic heterocycles. The molecule has 4 atom stereocenters. The molecule has 0 amide bonds. The van der Waals surface area contributed by atoms with Gasteiger partial charge in [-0.25, -0.2) is 13.8 Å². The van der Waals surface area contributed by atoms with Gasteiger partial charge in [0, 0.05) is 23.4 Å². The van der Waals surface area contributed by atoms with Gasteiger partial charge in [0.15, 0.2) is 17.6 Å². The highest BCUT2D eigenvalue weighted by Gasteiger charge is 2.72. The summed E-state index contributed by atoms with van der Waals surface area (Å²) in [6, 6.07) is 12.9. The first-order valence-electron chi connectivity index (χ1n) is 11.1. The number of alkyl halides is 2. The molecule has 0 saturated carbocycles. The number of aliphatic hydroxyl groups is 1. The molecule has 2 bridgehead atoms. The minimum Gasteiger partial charge on any atom is -0.504 e. The quantitative estimate of drug-likeness (QED) is 0.644. The summed E-state index contributed by atoms with van der Waals surface area (Å²) in [4.78, 5) is 6.70. The Morgan fingerprint density at radius 2 is 2.03 bits per heavy atom. The molecule has 0 unspecified atom stereocenters. The minimum atomic E-state index is -2.47. The highest BCUT2D eigenvalue weighted by Crippen LogP contribution is 2.68. The molecule has 1 fully saturated rings. The molecule has 2 N–H and O–H groups in total. The molecule has 0 radical (unpaired) electrons. The number of aromatic nitrogens is 1. The molecular formula is C25H22F2N2O3. The van der Waals surface area contributed by atoms with Crippen LogP contribution in [0.5, 0.6) is 11.5 Å². The van der Waals surface area contributed by atoms with E-state index < -0.39 is 29.6 Å². The van der Waals surface area contributed by atoms with Crippen LogP contribution in [0, 0.1) is 0 Å². The summed E-state index contributed by atoms with van der Waals surface area (Å²) in [5, 5.41) is 24.0. The third kappa shape index (κ3) is 2.07. The van der Waals surface area contributed by atoms with Gasteiger partial charge in [-0.1, -0.05) is 24.3 Å². The number of rotatable bonds is 2. The van der Waals surface area contributed by atoms with Gasteiger partial charge in [0.05, 0.1) is 28.8 Å². The second-order valence-electron chi connectivity index (χ2n) is 9.60. The summed E-state index contributed by atoms with van der Waals surface area (Å²) in [6.07, 6.45) is -1.81. The van der Waals surface area contributed by atoms with Crippen LogP contribution in [-0.4, -0.2) is 51.3 Å². The summed E-state index contributed by atoms with van der Waals surface area (Å²) < 4.78 is 33.3. The van der Waals surface area contributed by atoms with Gasteiger partial charge in [0.25, 0.3) is 6.43 Å². The Bertz CT molecular complexity index is 1300. The summed E-state index contributed by atoms with van der Waals surface area (Å²) in [5.41, 5.74) is 2.19. The SMILES string of the molecule is Oc1ccc2c3c1O[C@H]1c4nc5ccccc5cc4C[C@@]4(O)[C@@H](C2)N(CC(F)F)CC[C@]314. The Hall–Kier alpha value is -2.77. The van der Waals surface area contributed by atoms with E-state index in [0.29, 0.717) is 31.6 Å². The number of para-hydroxylation sites is 1. The number of aromatic hydroxyl groups is 1. The number of halogens is 2. The zero-order valence-corrected chi connectivity index (χ0v) is 17.3. The van der Waals surface area contributed by atoms with Crippen LogP contribution < -0.4 is 4.74 Å². The summed E-state index contributed by atoms with van der Waals surface area (Å²) >= 11 is 0. The number of phenolic OH excluding ortho intramolecular Hbond substituents is 1. The van der Waals surface area contributed by atoms with Crippen molar-refractivity contribution < 1.29 is 23.7 Å². The zero-order valence-electron chi connectivity index (χ0n) is 17.3. The lowest BCUT2D eigenvalue weighted by Crippen LogP contribution is -2.74. The van der Waals surface area contributed by atoms with Gasteiger partial charge in [0.2, 0.25) is 0 Å². The minimum absolute atomic E-state index is 0.0469. The Balaban J connectivity index is 1.52. The first-order chi connectivity index (χ1) is 15.4. The lowest BCUT2D eigenvalue weighted by Gasteiger charge is -2.62. The van der Waals surface area contributed by atoms with E-state index in [1.54, 1.807) is 11.0 Å². The highest BCUT2D eigenvalue weighted by molar-refractivity contribution is 5.80. The van der Waals surface area contributed by atoms with Crippen LogP contribution in [-0.2, 0) is 18.3 Å². The van der Waals surface area contributed by atoms with Gasteiger partial charge in [0.1, 0.15) is 0 Å². The third-order valence-corrected chi connectivity index (χ3v) is 8.24. The molecule has 164 valence electrons. The third-order valence-electron chi connectivity index (χ3n) is 8.24. The van der Waals surface area contributed by atoms with Gasteiger partial charge in [-0.2, -0.15) is 0 Å². The maximum Gasteiger partial charge on any atom is 0.251 e. The van der Waals surface area contributed by atoms with Crippen molar-refractivity contribution in [1.29, 1.82) is 0 Å². The monoisotopic (exact) mass is 436 g/mol. The van der Waals surface area contributed by atoms with Crippen LogP contribution in [0.25, 0.3) is 10.9 Å². The topological polar surface area (TPSA) is 65.8 Å². The Morgan fingerprint density at radius 3 is 2.88 bits per heavy atom. The van der Waals surface area contributed by atoms with E-state index >= 15 is 0 Å². The molecule has 32 heavy (non-hydrogen) atoms. The molecule has 2 aliphatic heterocycles. The normalized spacial score (nSPS) is 32.0. The molecule has 5 nitrogen and oxygen atoms in total. The highest BCUT2D eigenvalue weighted by atomic mass is 19.3. The number of phenols is 1. The molecule has 2 aromatic carbocycles. The standard InChI is InChI=1S/C25H22F2N2O3/c26-19(27)12-29-8-7-24-20-14-5-6-17(30)22(20)32-23(24)21-15(11-25(24,31)18(29)10-14)9-13-3-1-2-4-16(13)28-21/h1-6,9,18-19,23,30-31H,7-8,10-12H2/t18-,23+,24+,25-/m1/s1. The van der Waals surface area contributed by atoms with E-state index in [0.717, 1.165) is 33.3 Å². The van der Waals surface area contributed by atoms with E-state index in [-0.39, 0.29) is 12.3 Å². The fourth-order valence-corrected chi connectivity index (χ4v) is 7.03. The van der Waals surface area contributed by atoms with E-state index in [1.807, 2.05) is 36.4 Å². The van der Waals surface area contributed by atoms with Gasteiger partial charge < -0.3 is 14.9 Å². The first-order valence-corrected chi connectivity index (χ1v) is 11.1. The molecule has 7 rings (SSSR count). The molecule has 7 heteroatoms. The fourth-order valence-electron chi connectivity index (χ4n) is 7.03. The Labute approximate surface area is 183 Å². The largest absolute Gasteiger partial charge is 0.504 e. The maximum atomic E-state index is 13.4. The van der Waals surface area contributed by atoms with Crippen molar-refractivity contribution in [3.05, 3.63) is 64.8 Å². The van der Waals surface area contributed by atoms with Crippen LogP contribution in [0.15, 0.2) is 42.5 Å². The molecule has 4 aliphatic rings. The average Bonchev–Trinajstić information content (AvgIpc) is 3.11. The van der Waals surface area contributed by atoms with E-state index in [2.05, 4.69) is 0 Å². The molecular weight excluding hydrogens is 414 g/mol. The second-order valence-corrected chi connectivity index (χ2v) is 9.60. The first kappa shape index (κ1) is 18.8. The van der Waals surface area contributed by atoms with E-state index in [1.165, 1.54) is 0 Å². The average molecular weight is 436 g/mol. The maximum absolute atomic E-state index is 13.4. The van der Waals surface area contributed by atoms with Crippen LogP contribution in [0.2, 0.25) is 0 Å². The number of hydrogen-bond donors (Lipinski definition) is 2. The van der Waals surface area contributed by atoms with E-state index in [4.69, 9.17) is 9.72 Å². The number of hydrogen-bond acceptors (Lipinski definition) is 5. The number of likely N-dealkylation sites (tertiary alicyclic amines) is 1. The number of ether oxygens (including phenoxy) is 1. The Morgan fingerprint density at radius 1 is 1.19 bits per heavy atom. The lowest BCUT2D eigenvalue weighted by molar-refractivity contribution is -0.177. The molecule has 3 aromatic rings. The second kappa shape index (κ2) is 5.97. The van der Waals surface area contributed by atoms with Crippen molar-refractivity contribution in [2.24, 2.45) is 0 Å². The molecule has 1 saturated heterocycles. The van der Waals surface area contributed by atoms with Crippen molar-refractivity contribution in [3.63, 3.8) is 0 Å². The summed E-state index contributed by atoms with van der Waals surface area (Å²) in [6.45, 7) is 0.0757. The zero-order chi connectivity index (χ0) is 21.8. The lowest BCUT2D eigenvalue weighted by atomic mass is 9.49. The number of pyridine rings is 1. The molecule has 1 spiro atoms. The van der Waals surface area contributed by atoms with Crippen LogP contribution in [0.3, 0.4) is 0 Å². The molecule has 2 aliphatic carbocycles. The van der Waals surface area contributed by atoms with Gasteiger partial charge in [-0.05, 0) is 48.7 Å². The van der Waals surface area contributed by atoms with Gasteiger partial charge in [-0.3, -0.25) is 4.90 Å². The van der Waals surface area contributed by atoms with Gasteiger partial charge >= 0.3 is 0 Å². The van der Waals surface area contributed by atoms with Gasteiger partial charge in [-0.15, -0.1) is 0 Å². The van der Waals surface area contributed by atoms with Crippen molar-refractivity contribution in [2.75, 3.05) is 13.1 Å². The number of nitrogens with zero attached hydrogens (tertiary/aromatic N) is 2. The molecule has 3 heterocycles. The van der Waals surface area contributed by atoms with Crippen molar-refractivity contribution in [1.82, 2.24) is 9.88 Å². The predicted octanol–water partition coefficient (Wildman–Crippen LogP) is 3.49. The van der Waals surface area contributed by atoms with Crippen LogP contribution in [0.1, 0.15) is 34.9 Å². The van der Waals surface area contributed by atoms with Crippen LogP contribution in [0.4, 0.5) is 8.78 Å². The fraction of sp³-hybridized carbons (Fsp3) is 0.400. The number of benzene rings is 2. The predicted molar refractivity (Wildman–Crippen MR) is 113 cm³/mol. The summed E-state index contributed by atoms with van der Waals surface area (Å²) in [7, 11) is 0. The number of fused-ring (bicyclic) bond motifs is 3. The smallest absolute Gasteiger partial charge is 0.251 e. The summed E-state index contributed by atoms with van der Waals surface area (Å²) in [5.74, 6) is 0.458.